The smallest absolute Gasteiger partial charge is 0.118 e. The molecule has 0 aromatic carbocycles. The van der Waals surface area contributed by atoms with Crippen LogP contribution in [0, 0.1) is 6.92 Å². The highest BCUT2D eigenvalue weighted by atomic mass is 16.3. The summed E-state index contributed by atoms with van der Waals surface area (Å²) in [5, 5.41) is 3.49. The van der Waals surface area contributed by atoms with Gasteiger partial charge in [-0.1, -0.05) is 13.0 Å². The van der Waals surface area contributed by atoms with Gasteiger partial charge in [0.05, 0.1) is 6.54 Å². The van der Waals surface area contributed by atoms with Gasteiger partial charge in [0.2, 0.25) is 0 Å². The average molecular weight is 262 g/mol. The van der Waals surface area contributed by atoms with Gasteiger partial charge in [0, 0.05) is 24.7 Å². The van der Waals surface area contributed by atoms with Crippen molar-refractivity contribution in [2.24, 2.45) is 0 Å². The van der Waals surface area contributed by atoms with E-state index >= 15 is 0 Å². The van der Waals surface area contributed by atoms with Gasteiger partial charge in [-0.15, -0.1) is 6.58 Å². The molecule has 3 nitrogen and oxygen atoms in total. The highest BCUT2D eigenvalue weighted by Crippen LogP contribution is 2.21. The lowest BCUT2D eigenvalue weighted by Crippen LogP contribution is -2.24. The van der Waals surface area contributed by atoms with Crippen molar-refractivity contribution >= 4 is 0 Å². The van der Waals surface area contributed by atoms with Crippen molar-refractivity contribution < 1.29 is 4.42 Å². The Kier molecular flexibility index (Phi) is 5.23. The minimum Gasteiger partial charge on any atom is -0.465 e. The normalized spacial score (nSPS) is 15.1. The third kappa shape index (κ3) is 4.51. The molecule has 0 spiro atoms. The fraction of sp³-hybridized carbons (Fsp3) is 0.625. The van der Waals surface area contributed by atoms with Crippen LogP contribution in [0.3, 0.4) is 0 Å². The zero-order valence-electron chi connectivity index (χ0n) is 12.2. The highest BCUT2D eigenvalue weighted by molar-refractivity contribution is 5.21. The molecule has 1 fully saturated rings. The summed E-state index contributed by atoms with van der Waals surface area (Å²) in [5.41, 5.74) is 1.31. The number of rotatable bonds is 9. The molecule has 1 aromatic heterocycles. The van der Waals surface area contributed by atoms with Gasteiger partial charge in [0.1, 0.15) is 11.5 Å². The Labute approximate surface area is 116 Å². The number of hydrogen-bond donors (Lipinski definition) is 1. The lowest BCUT2D eigenvalue weighted by molar-refractivity contribution is 0.293. The van der Waals surface area contributed by atoms with Gasteiger partial charge in [0.15, 0.2) is 0 Å². The SMILES string of the molecule is C=CCN(CCC)Cc1cc(CNC2CC2)oc1C. The molecule has 1 aliphatic carbocycles. The maximum absolute atomic E-state index is 5.83. The predicted octanol–water partition coefficient (Wildman–Crippen LogP) is 3.24. The van der Waals surface area contributed by atoms with Crippen molar-refractivity contribution in [1.29, 1.82) is 0 Å². The third-order valence-electron chi connectivity index (χ3n) is 3.54. The maximum atomic E-state index is 5.83. The largest absolute Gasteiger partial charge is 0.465 e. The summed E-state index contributed by atoms with van der Waals surface area (Å²) in [6, 6.07) is 2.93. The van der Waals surface area contributed by atoms with E-state index < -0.39 is 0 Å². The number of nitrogens with one attached hydrogen (secondary N) is 1. The first-order valence-corrected chi connectivity index (χ1v) is 7.37. The first-order chi connectivity index (χ1) is 9.22. The van der Waals surface area contributed by atoms with Crippen LogP contribution in [-0.4, -0.2) is 24.0 Å². The molecule has 1 aliphatic rings. The third-order valence-corrected chi connectivity index (χ3v) is 3.54. The molecule has 0 bridgehead atoms. The number of aryl methyl sites for hydroxylation is 1. The molecule has 0 aliphatic heterocycles. The molecule has 1 aromatic rings. The first-order valence-electron chi connectivity index (χ1n) is 7.37. The quantitative estimate of drug-likeness (QED) is 0.693. The summed E-state index contributed by atoms with van der Waals surface area (Å²) in [4.78, 5) is 2.41. The lowest BCUT2D eigenvalue weighted by atomic mass is 10.2. The molecule has 19 heavy (non-hydrogen) atoms. The molecule has 3 heteroatoms. The van der Waals surface area contributed by atoms with Crippen LogP contribution < -0.4 is 5.32 Å². The van der Waals surface area contributed by atoms with Crippen LogP contribution in [-0.2, 0) is 13.1 Å². The Morgan fingerprint density at radius 3 is 2.95 bits per heavy atom. The molecular weight excluding hydrogens is 236 g/mol. The van der Waals surface area contributed by atoms with Crippen LogP contribution in [0.1, 0.15) is 43.3 Å². The van der Waals surface area contributed by atoms with E-state index in [2.05, 4.69) is 36.7 Å². The van der Waals surface area contributed by atoms with E-state index in [0.29, 0.717) is 0 Å². The van der Waals surface area contributed by atoms with Gasteiger partial charge in [-0.2, -0.15) is 0 Å². The summed E-state index contributed by atoms with van der Waals surface area (Å²) in [6.45, 7) is 12.0. The van der Waals surface area contributed by atoms with Crippen LogP contribution in [0.4, 0.5) is 0 Å². The van der Waals surface area contributed by atoms with Crippen LogP contribution in [0.15, 0.2) is 23.1 Å². The summed E-state index contributed by atoms with van der Waals surface area (Å²) in [7, 11) is 0. The molecule has 0 amide bonds. The van der Waals surface area contributed by atoms with E-state index in [1.54, 1.807) is 0 Å². The van der Waals surface area contributed by atoms with Gasteiger partial charge >= 0.3 is 0 Å². The molecule has 0 unspecified atom stereocenters. The Morgan fingerprint density at radius 2 is 2.32 bits per heavy atom. The standard InChI is InChI=1S/C16H26N2O/c1-4-8-18(9-5-2)12-14-10-16(19-13(14)3)11-17-15-6-7-15/h4,10,15,17H,1,5-9,11-12H2,2-3H3. The summed E-state index contributed by atoms with van der Waals surface area (Å²) in [5.74, 6) is 2.12. The molecule has 0 radical (unpaired) electrons. The van der Waals surface area contributed by atoms with E-state index in [1.807, 2.05) is 6.08 Å². The Balaban J connectivity index is 1.91. The summed E-state index contributed by atoms with van der Waals surface area (Å²) >= 11 is 0. The molecule has 106 valence electrons. The fourth-order valence-corrected chi connectivity index (χ4v) is 2.34. The van der Waals surface area contributed by atoms with Gasteiger partial charge in [-0.25, -0.2) is 0 Å². The molecule has 2 rings (SSSR count). The monoisotopic (exact) mass is 262 g/mol. The lowest BCUT2D eigenvalue weighted by Gasteiger charge is -2.19. The average Bonchev–Trinajstić information content (AvgIpc) is 3.14. The zero-order chi connectivity index (χ0) is 13.7. The Bertz CT molecular complexity index is 407. The van der Waals surface area contributed by atoms with Gasteiger partial charge in [-0.05, 0) is 38.8 Å². The van der Waals surface area contributed by atoms with E-state index in [4.69, 9.17) is 4.42 Å². The van der Waals surface area contributed by atoms with Crippen molar-refractivity contribution in [3.8, 4) is 0 Å². The van der Waals surface area contributed by atoms with Gasteiger partial charge < -0.3 is 9.73 Å². The van der Waals surface area contributed by atoms with Crippen molar-refractivity contribution in [1.82, 2.24) is 10.2 Å². The van der Waals surface area contributed by atoms with Crippen molar-refractivity contribution in [3.63, 3.8) is 0 Å². The van der Waals surface area contributed by atoms with Crippen LogP contribution >= 0.6 is 0 Å². The summed E-state index contributed by atoms with van der Waals surface area (Å²) < 4.78 is 5.83. The molecule has 1 heterocycles. The first kappa shape index (κ1) is 14.4. The van der Waals surface area contributed by atoms with Crippen molar-refractivity contribution in [2.75, 3.05) is 13.1 Å². The van der Waals surface area contributed by atoms with Gasteiger partial charge in [0.25, 0.3) is 0 Å². The second-order valence-electron chi connectivity index (χ2n) is 5.47. The topological polar surface area (TPSA) is 28.4 Å². The summed E-state index contributed by atoms with van der Waals surface area (Å²) in [6.07, 6.45) is 5.77. The van der Waals surface area contributed by atoms with Crippen LogP contribution in [0.2, 0.25) is 0 Å². The number of hydrogen-bond acceptors (Lipinski definition) is 3. The number of furan rings is 1. The van der Waals surface area contributed by atoms with E-state index in [0.717, 1.165) is 43.7 Å². The molecule has 1 N–H and O–H groups in total. The van der Waals surface area contributed by atoms with Gasteiger partial charge in [-0.3, -0.25) is 4.90 Å². The fourth-order valence-electron chi connectivity index (χ4n) is 2.34. The molecular formula is C16H26N2O. The Morgan fingerprint density at radius 1 is 1.53 bits per heavy atom. The highest BCUT2D eigenvalue weighted by Gasteiger charge is 2.21. The predicted molar refractivity (Wildman–Crippen MR) is 79.1 cm³/mol. The maximum Gasteiger partial charge on any atom is 0.118 e. The molecule has 0 saturated heterocycles. The second-order valence-corrected chi connectivity index (χ2v) is 5.47. The van der Waals surface area contributed by atoms with E-state index in [-0.39, 0.29) is 0 Å². The van der Waals surface area contributed by atoms with Crippen LogP contribution in [0.25, 0.3) is 0 Å². The minimum atomic E-state index is 0.728. The minimum absolute atomic E-state index is 0.728. The van der Waals surface area contributed by atoms with Crippen molar-refractivity contribution in [2.45, 2.75) is 52.2 Å². The van der Waals surface area contributed by atoms with E-state index in [9.17, 15) is 0 Å². The molecule has 0 atom stereocenters. The Hall–Kier alpha value is -1.06. The number of nitrogens with zero attached hydrogens (tertiary/aromatic N) is 1. The van der Waals surface area contributed by atoms with Crippen LogP contribution in [0.5, 0.6) is 0 Å². The van der Waals surface area contributed by atoms with Crippen molar-refractivity contribution in [3.05, 3.63) is 35.8 Å². The van der Waals surface area contributed by atoms with E-state index in [1.165, 1.54) is 24.8 Å². The zero-order valence-corrected chi connectivity index (χ0v) is 12.2. The molecule has 1 saturated carbocycles. The second kappa shape index (κ2) is 6.92.